The minimum atomic E-state index is 0.143. The lowest BCUT2D eigenvalue weighted by Crippen LogP contribution is -2.60. The predicted octanol–water partition coefficient (Wildman–Crippen LogP) is 16.5. The molecule has 0 radical (unpaired) electrons. The van der Waals surface area contributed by atoms with Gasteiger partial charge in [0.25, 0.3) is 26.9 Å². The third-order valence-corrected chi connectivity index (χ3v) is 27.0. The van der Waals surface area contributed by atoms with Crippen molar-refractivity contribution in [1.82, 2.24) is 18.3 Å². The van der Waals surface area contributed by atoms with Crippen LogP contribution in [0.3, 0.4) is 0 Å². The average molecular weight is 1480 g/mol. The first kappa shape index (κ1) is 61.0. The lowest BCUT2D eigenvalue weighted by molar-refractivity contribution is 0.461. The van der Waals surface area contributed by atoms with Crippen LogP contribution < -0.4 is 103 Å². The highest BCUT2D eigenvalue weighted by atomic mass is 16.5. The molecule has 536 valence electrons. The van der Waals surface area contributed by atoms with E-state index >= 15 is 0 Å². The molecule has 116 heavy (non-hydrogen) atoms. The number of aryl methyl sites for hydroxylation is 4. The van der Waals surface area contributed by atoms with E-state index in [0.29, 0.717) is 0 Å². The Morgan fingerprint density at radius 3 is 0.879 bits per heavy atom. The summed E-state index contributed by atoms with van der Waals surface area (Å²) in [5.41, 5.74) is 34.1. The molecule has 0 atom stereocenters. The van der Waals surface area contributed by atoms with Gasteiger partial charge in [-0.3, -0.25) is 0 Å². The van der Waals surface area contributed by atoms with Gasteiger partial charge in [-0.2, -0.15) is 0 Å². The second-order valence-corrected chi connectivity index (χ2v) is 32.8. The Kier molecular flexibility index (Phi) is 11.0. The smallest absolute Gasteiger partial charge is 0.266 e. The number of para-hydroxylation sites is 4. The van der Waals surface area contributed by atoms with Gasteiger partial charge in [0.15, 0.2) is 0 Å². The molecule has 0 aliphatic carbocycles. The van der Waals surface area contributed by atoms with E-state index in [-0.39, 0.29) is 26.9 Å². The van der Waals surface area contributed by atoms with Crippen molar-refractivity contribution < 1.29 is 37.9 Å². The predicted molar refractivity (Wildman–Crippen MR) is 467 cm³/mol. The van der Waals surface area contributed by atoms with E-state index in [2.05, 4.69) is 307 Å². The molecule has 16 heterocycles. The van der Waals surface area contributed by atoms with Gasteiger partial charge in [-0.25, -0.2) is 0 Å². The van der Waals surface area contributed by atoms with E-state index < -0.39 is 0 Å². The molecule has 12 aliphatic heterocycles. The number of ether oxygens (including phenoxy) is 8. The fraction of sp³-hybridized carbons (Fsp3) is 0.0400. The molecule has 0 N–H and O–H groups in total. The third kappa shape index (κ3) is 7.24. The molecule has 4 aromatic heterocycles. The number of benzene rings is 16. The summed E-state index contributed by atoms with van der Waals surface area (Å²) in [4.78, 5) is 0. The van der Waals surface area contributed by atoms with Crippen LogP contribution in [-0.4, -0.2) is 45.1 Å². The molecular weight excluding hydrogens is 1430 g/mol. The van der Waals surface area contributed by atoms with Crippen molar-refractivity contribution in [2.45, 2.75) is 27.7 Å². The van der Waals surface area contributed by atoms with Crippen LogP contribution in [0.15, 0.2) is 267 Å². The molecule has 0 fully saturated rings. The van der Waals surface area contributed by atoms with E-state index in [4.69, 9.17) is 37.9 Å². The normalized spacial score (nSPS) is 14.2. The maximum absolute atomic E-state index is 6.50. The Hall–Kier alpha value is -14.6. The molecule has 16 aromatic carbocycles. The molecule has 0 amide bonds. The monoisotopic (exact) mass is 1480 g/mol. The number of fused-ring (bicyclic) bond motifs is 16. The van der Waals surface area contributed by atoms with Crippen molar-refractivity contribution in [2.24, 2.45) is 0 Å². The number of aromatic nitrogens is 4. The average Bonchev–Trinajstić information content (AvgIpc) is 1.35. The van der Waals surface area contributed by atoms with Gasteiger partial charge in [0.05, 0.1) is 44.1 Å². The summed E-state index contributed by atoms with van der Waals surface area (Å²) < 4.78 is 61.2. The van der Waals surface area contributed by atoms with Gasteiger partial charge in [0, 0.05) is 87.7 Å². The summed E-state index contributed by atoms with van der Waals surface area (Å²) in [7, 11) is 0. The van der Waals surface area contributed by atoms with E-state index in [1.54, 1.807) is 0 Å². The minimum absolute atomic E-state index is 0.143. The van der Waals surface area contributed by atoms with Crippen LogP contribution in [0.5, 0.6) is 92.0 Å². The van der Waals surface area contributed by atoms with Crippen molar-refractivity contribution in [1.29, 1.82) is 0 Å². The zero-order valence-corrected chi connectivity index (χ0v) is 62.8. The summed E-state index contributed by atoms with van der Waals surface area (Å²) in [6.07, 6.45) is 0. The van der Waals surface area contributed by atoms with E-state index in [9.17, 15) is 0 Å². The van der Waals surface area contributed by atoms with Gasteiger partial charge in [0.2, 0.25) is 0 Å². The molecule has 20 aromatic rings. The maximum atomic E-state index is 6.50. The number of hydrogen-bond donors (Lipinski definition) is 0. The Labute approximate surface area is 663 Å². The van der Waals surface area contributed by atoms with E-state index in [1.807, 2.05) is 6.07 Å². The standard InChI is InChI=1S/4C25H14BNO2/c1-13-12-15-14-6-2-3-7-16(14)27-17-8-4-9-18-21(17)26-22-19(28-18)10-5-11-20(22)29-25(13)23(26)24(15)27;1-13-9-11-20-23-25(13)29-18-8-4-7-17-21(18)26(23)22-19(28-20)12-10-15-14-5-2-3-6-16(14)27(17)24(15)22;1-13-9-11-20-23-25(13)29-19-12-10-15-14-5-2-3-6-16(14)27-17-7-4-8-18(28-20)21(17)26(23)22(19)24(15)27;1-13-11-20-23-21(12-13)29-19-10-9-15-14-5-2-3-6-16(14)27-17-7-4-8-18(28-20)22(17)26(23)24(19)25(15)27/h4*2-12H,1H3. The van der Waals surface area contributed by atoms with Crippen LogP contribution in [0.25, 0.3) is 110 Å². The maximum Gasteiger partial charge on any atom is 0.266 e. The first-order valence-electron chi connectivity index (χ1n) is 40.0. The van der Waals surface area contributed by atoms with Crippen LogP contribution in [-0.2, 0) is 0 Å². The molecule has 0 saturated carbocycles. The van der Waals surface area contributed by atoms with Crippen LogP contribution >= 0.6 is 0 Å². The summed E-state index contributed by atoms with van der Waals surface area (Å²) in [6.45, 7) is 9.04. The number of rotatable bonds is 0. The lowest BCUT2D eigenvalue weighted by Gasteiger charge is -2.37. The van der Waals surface area contributed by atoms with E-state index in [1.165, 1.54) is 170 Å². The highest BCUT2D eigenvalue weighted by Crippen LogP contribution is 2.50. The molecule has 0 unspecified atom stereocenters. The van der Waals surface area contributed by atoms with Crippen molar-refractivity contribution in [3.8, 4) is 115 Å². The van der Waals surface area contributed by atoms with Gasteiger partial charge in [-0.05, 0) is 245 Å². The Balaban J connectivity index is 0.0000000794. The third-order valence-electron chi connectivity index (χ3n) is 27.0. The van der Waals surface area contributed by atoms with Crippen LogP contribution in [0, 0.1) is 27.7 Å². The van der Waals surface area contributed by atoms with Crippen molar-refractivity contribution in [3.63, 3.8) is 0 Å². The lowest BCUT2D eigenvalue weighted by atomic mass is 9.33. The molecule has 12 nitrogen and oxygen atoms in total. The molecular formula is C100H56B4N4O8. The Morgan fingerprint density at radius 1 is 0.190 bits per heavy atom. The van der Waals surface area contributed by atoms with E-state index in [0.717, 1.165) is 120 Å². The first-order valence-corrected chi connectivity index (χ1v) is 40.0. The van der Waals surface area contributed by atoms with Crippen LogP contribution in [0.2, 0.25) is 0 Å². The Morgan fingerprint density at radius 2 is 0.466 bits per heavy atom. The molecule has 16 heteroatoms. The highest BCUT2D eigenvalue weighted by Gasteiger charge is 2.52. The fourth-order valence-electron chi connectivity index (χ4n) is 22.6. The second kappa shape index (κ2) is 21.0. The quantitative estimate of drug-likeness (QED) is 0.139. The van der Waals surface area contributed by atoms with Gasteiger partial charge in [-0.1, -0.05) is 115 Å². The van der Waals surface area contributed by atoms with Gasteiger partial charge < -0.3 is 56.2 Å². The van der Waals surface area contributed by atoms with Crippen LogP contribution in [0.4, 0.5) is 0 Å². The van der Waals surface area contributed by atoms with Crippen molar-refractivity contribution in [2.75, 3.05) is 0 Å². The molecule has 12 aliphatic rings. The molecule has 0 saturated heterocycles. The van der Waals surface area contributed by atoms with Crippen molar-refractivity contribution in [3.05, 3.63) is 289 Å². The highest BCUT2D eigenvalue weighted by molar-refractivity contribution is 7.03. The van der Waals surface area contributed by atoms with Gasteiger partial charge in [0.1, 0.15) is 92.0 Å². The van der Waals surface area contributed by atoms with Crippen molar-refractivity contribution >= 4 is 180 Å². The SMILES string of the molecule is Cc1cc2c3c(c1)Oc1ccc4c5ccccc5n5c4c1B3c1c(cccc1-5)O2.Cc1cc2c3ccccc3n3c2c2c1Oc1cccc4c1B2c1c(cccc1-3)O4.Cc1ccc2c3c1Oc1ccc4c5ccccc5n5c4c1B3c1c(cccc1-5)O2.Cc1ccc2c3c1Oc1cccc4c1B3c1c(ccc3c5ccccc5n-4c13)O2. The van der Waals surface area contributed by atoms with Gasteiger partial charge >= 0.3 is 0 Å². The molecule has 32 rings (SSSR count). The number of nitrogens with zero attached hydrogens (tertiary/aromatic N) is 4. The molecule has 0 spiro atoms. The zero-order chi connectivity index (χ0) is 75.4. The first-order chi connectivity index (χ1) is 57.2. The number of hydrogen-bond acceptors (Lipinski definition) is 8. The summed E-state index contributed by atoms with van der Waals surface area (Å²) in [5, 5.41) is 10.2. The largest absolute Gasteiger partial charge is 0.458 e. The summed E-state index contributed by atoms with van der Waals surface area (Å²) in [6, 6.07) is 94.4. The second-order valence-electron chi connectivity index (χ2n) is 32.8. The van der Waals surface area contributed by atoms with Crippen LogP contribution in [0.1, 0.15) is 22.3 Å². The van der Waals surface area contributed by atoms with Gasteiger partial charge in [-0.15, -0.1) is 0 Å². The Bertz CT molecular complexity index is 8050. The fourth-order valence-corrected chi connectivity index (χ4v) is 22.6. The minimum Gasteiger partial charge on any atom is -0.458 e. The summed E-state index contributed by atoms with van der Waals surface area (Å²) >= 11 is 0. The molecule has 0 bridgehead atoms. The zero-order valence-electron chi connectivity index (χ0n) is 62.8. The topological polar surface area (TPSA) is 93.6 Å². The summed E-state index contributed by atoms with van der Waals surface area (Å²) in [5.74, 6) is 15.0.